The first-order valence-corrected chi connectivity index (χ1v) is 8.26. The predicted molar refractivity (Wildman–Crippen MR) is 95.2 cm³/mol. The lowest BCUT2D eigenvalue weighted by molar-refractivity contribution is 0.0975. The molecule has 1 fully saturated rings. The standard InChI is InChI=1S/C19H20FN3O2/c20-15-8-10-16(11-9-15)22-19(21-13-17-7-4-12-25-17)23-18(24)14-5-2-1-3-6-14/h1-3,5-6,8-11,17H,4,7,12-13H2,(H2,21,22,23,24)/t17-/m1/s1. The van der Waals surface area contributed by atoms with Crippen molar-refractivity contribution in [2.45, 2.75) is 18.9 Å². The van der Waals surface area contributed by atoms with Crippen LogP contribution in [-0.4, -0.2) is 31.1 Å². The molecular weight excluding hydrogens is 321 g/mol. The lowest BCUT2D eigenvalue weighted by Crippen LogP contribution is -2.36. The number of guanidine groups is 1. The summed E-state index contributed by atoms with van der Waals surface area (Å²) in [5.74, 6) is -0.269. The molecule has 0 spiro atoms. The molecule has 5 nitrogen and oxygen atoms in total. The molecule has 0 radical (unpaired) electrons. The molecule has 130 valence electrons. The Morgan fingerprint density at radius 3 is 2.60 bits per heavy atom. The second-order valence-corrected chi connectivity index (χ2v) is 5.78. The van der Waals surface area contributed by atoms with Crippen molar-refractivity contribution >= 4 is 17.6 Å². The molecule has 0 aliphatic carbocycles. The topological polar surface area (TPSA) is 62.7 Å². The molecular formula is C19H20FN3O2. The average molecular weight is 341 g/mol. The number of carbonyl (C=O) groups is 1. The van der Waals surface area contributed by atoms with Gasteiger partial charge in [-0.25, -0.2) is 9.38 Å². The van der Waals surface area contributed by atoms with Gasteiger partial charge in [0.05, 0.1) is 12.6 Å². The Morgan fingerprint density at radius 2 is 1.92 bits per heavy atom. The number of nitrogens with one attached hydrogen (secondary N) is 2. The molecule has 0 aromatic heterocycles. The number of nitrogens with zero attached hydrogens (tertiary/aromatic N) is 1. The molecule has 2 aromatic rings. The van der Waals surface area contributed by atoms with Gasteiger partial charge in [-0.05, 0) is 49.2 Å². The van der Waals surface area contributed by atoms with Crippen molar-refractivity contribution in [1.82, 2.24) is 5.32 Å². The lowest BCUT2D eigenvalue weighted by atomic mass is 10.2. The van der Waals surface area contributed by atoms with Crippen molar-refractivity contribution in [2.75, 3.05) is 18.5 Å². The first-order valence-electron chi connectivity index (χ1n) is 8.26. The summed E-state index contributed by atoms with van der Waals surface area (Å²) in [5, 5.41) is 5.80. The van der Waals surface area contributed by atoms with Gasteiger partial charge in [-0.2, -0.15) is 0 Å². The SMILES string of the molecule is O=C(NC(=NC[C@H]1CCCO1)Nc1ccc(F)cc1)c1ccccc1. The van der Waals surface area contributed by atoms with E-state index in [0.717, 1.165) is 19.4 Å². The van der Waals surface area contributed by atoms with E-state index in [9.17, 15) is 9.18 Å². The molecule has 6 heteroatoms. The van der Waals surface area contributed by atoms with E-state index >= 15 is 0 Å². The maximum Gasteiger partial charge on any atom is 0.257 e. The van der Waals surface area contributed by atoms with Crippen molar-refractivity contribution in [2.24, 2.45) is 4.99 Å². The highest BCUT2D eigenvalue weighted by molar-refractivity contribution is 6.09. The highest BCUT2D eigenvalue weighted by Gasteiger charge is 2.16. The third kappa shape index (κ3) is 5.12. The number of hydrogen-bond acceptors (Lipinski definition) is 3. The van der Waals surface area contributed by atoms with Gasteiger partial charge in [0.15, 0.2) is 0 Å². The quantitative estimate of drug-likeness (QED) is 0.663. The minimum absolute atomic E-state index is 0.0682. The van der Waals surface area contributed by atoms with Gasteiger partial charge in [0.2, 0.25) is 5.96 Å². The van der Waals surface area contributed by atoms with Crippen LogP contribution in [0.3, 0.4) is 0 Å². The predicted octanol–water partition coefficient (Wildman–Crippen LogP) is 3.20. The summed E-state index contributed by atoms with van der Waals surface area (Å²) in [5.41, 5.74) is 1.18. The van der Waals surface area contributed by atoms with Crippen molar-refractivity contribution in [3.05, 3.63) is 66.0 Å². The summed E-state index contributed by atoms with van der Waals surface area (Å²) < 4.78 is 18.6. The zero-order chi connectivity index (χ0) is 17.5. The molecule has 1 heterocycles. The van der Waals surface area contributed by atoms with Crippen LogP contribution in [0.2, 0.25) is 0 Å². The first kappa shape index (κ1) is 17.1. The molecule has 1 aliphatic heterocycles. The van der Waals surface area contributed by atoms with Crippen LogP contribution in [0, 0.1) is 5.82 Å². The normalized spacial score (nSPS) is 17.3. The number of halogens is 1. The van der Waals surface area contributed by atoms with Crippen LogP contribution in [-0.2, 0) is 4.74 Å². The third-order valence-corrected chi connectivity index (χ3v) is 3.85. The summed E-state index contributed by atoms with van der Waals surface area (Å²) in [6, 6.07) is 14.8. The van der Waals surface area contributed by atoms with E-state index in [1.54, 1.807) is 36.4 Å². The largest absolute Gasteiger partial charge is 0.376 e. The molecule has 0 unspecified atom stereocenters. The fourth-order valence-corrected chi connectivity index (χ4v) is 2.53. The van der Waals surface area contributed by atoms with E-state index in [0.29, 0.717) is 23.8 Å². The Labute approximate surface area is 145 Å². The summed E-state index contributed by atoms with van der Waals surface area (Å²) >= 11 is 0. The Morgan fingerprint density at radius 1 is 1.16 bits per heavy atom. The molecule has 1 amide bonds. The van der Waals surface area contributed by atoms with Crippen LogP contribution in [0.1, 0.15) is 23.2 Å². The van der Waals surface area contributed by atoms with Crippen LogP contribution in [0.4, 0.5) is 10.1 Å². The number of ether oxygens (including phenoxy) is 1. The maximum absolute atomic E-state index is 13.1. The minimum Gasteiger partial charge on any atom is -0.376 e. The number of anilines is 1. The second kappa shape index (κ2) is 8.39. The Balaban J connectivity index is 1.71. The second-order valence-electron chi connectivity index (χ2n) is 5.78. The van der Waals surface area contributed by atoms with Gasteiger partial charge in [0.1, 0.15) is 5.82 Å². The molecule has 25 heavy (non-hydrogen) atoms. The Kier molecular flexibility index (Phi) is 5.74. The van der Waals surface area contributed by atoms with E-state index in [1.165, 1.54) is 12.1 Å². The number of carbonyl (C=O) groups excluding carboxylic acids is 1. The Bertz CT molecular complexity index is 726. The van der Waals surface area contributed by atoms with Crippen molar-refractivity contribution in [3.8, 4) is 0 Å². The molecule has 1 aliphatic rings. The van der Waals surface area contributed by atoms with E-state index in [2.05, 4.69) is 15.6 Å². The van der Waals surface area contributed by atoms with Gasteiger partial charge in [-0.1, -0.05) is 18.2 Å². The van der Waals surface area contributed by atoms with E-state index < -0.39 is 0 Å². The molecule has 2 aromatic carbocycles. The zero-order valence-electron chi connectivity index (χ0n) is 13.7. The minimum atomic E-state index is -0.322. The van der Waals surface area contributed by atoms with Crippen LogP contribution >= 0.6 is 0 Å². The Hall–Kier alpha value is -2.73. The van der Waals surface area contributed by atoms with Gasteiger partial charge < -0.3 is 10.1 Å². The zero-order valence-corrected chi connectivity index (χ0v) is 13.7. The maximum atomic E-state index is 13.1. The highest BCUT2D eigenvalue weighted by atomic mass is 19.1. The van der Waals surface area contributed by atoms with Crippen LogP contribution in [0.5, 0.6) is 0 Å². The fraction of sp³-hybridized carbons (Fsp3) is 0.263. The van der Waals surface area contributed by atoms with Gasteiger partial charge in [0, 0.05) is 17.9 Å². The first-order chi connectivity index (χ1) is 12.2. The summed E-state index contributed by atoms with van der Waals surface area (Å²) in [6.45, 7) is 1.20. The van der Waals surface area contributed by atoms with Gasteiger partial charge >= 0.3 is 0 Å². The smallest absolute Gasteiger partial charge is 0.257 e. The van der Waals surface area contributed by atoms with Crippen molar-refractivity contribution in [3.63, 3.8) is 0 Å². The van der Waals surface area contributed by atoms with Crippen molar-refractivity contribution < 1.29 is 13.9 Å². The number of hydrogen-bond donors (Lipinski definition) is 2. The molecule has 1 saturated heterocycles. The van der Waals surface area contributed by atoms with Crippen LogP contribution in [0.25, 0.3) is 0 Å². The number of amides is 1. The monoisotopic (exact) mass is 341 g/mol. The summed E-state index contributed by atoms with van der Waals surface area (Å²) in [6.07, 6.45) is 2.05. The number of rotatable bonds is 4. The van der Waals surface area contributed by atoms with E-state index in [4.69, 9.17) is 4.74 Å². The third-order valence-electron chi connectivity index (χ3n) is 3.85. The van der Waals surface area contributed by atoms with E-state index in [1.807, 2.05) is 6.07 Å². The molecule has 2 N–H and O–H groups in total. The van der Waals surface area contributed by atoms with Crippen LogP contribution in [0.15, 0.2) is 59.6 Å². The van der Waals surface area contributed by atoms with Crippen LogP contribution < -0.4 is 10.6 Å². The molecule has 0 saturated carbocycles. The summed E-state index contributed by atoms with van der Waals surface area (Å²) in [7, 11) is 0. The number of benzene rings is 2. The van der Waals surface area contributed by atoms with E-state index in [-0.39, 0.29) is 17.8 Å². The summed E-state index contributed by atoms with van der Waals surface area (Å²) in [4.78, 5) is 16.8. The van der Waals surface area contributed by atoms with Gasteiger partial charge in [0.25, 0.3) is 5.91 Å². The average Bonchev–Trinajstić information content (AvgIpc) is 3.16. The highest BCUT2D eigenvalue weighted by Crippen LogP contribution is 2.13. The fourth-order valence-electron chi connectivity index (χ4n) is 2.53. The number of aliphatic imine (C=N–C) groups is 1. The van der Waals surface area contributed by atoms with Gasteiger partial charge in [-0.3, -0.25) is 10.1 Å². The van der Waals surface area contributed by atoms with Gasteiger partial charge in [-0.15, -0.1) is 0 Å². The lowest BCUT2D eigenvalue weighted by Gasteiger charge is -2.13. The van der Waals surface area contributed by atoms with Crippen molar-refractivity contribution in [1.29, 1.82) is 0 Å². The molecule has 0 bridgehead atoms. The molecule has 1 atom stereocenters. The molecule has 3 rings (SSSR count).